The Bertz CT molecular complexity index is 1360. The van der Waals surface area contributed by atoms with Crippen molar-refractivity contribution in [1.29, 1.82) is 0 Å². The van der Waals surface area contributed by atoms with Gasteiger partial charge in [0.1, 0.15) is 0 Å². The second-order valence-corrected chi connectivity index (χ2v) is 11.0. The van der Waals surface area contributed by atoms with Gasteiger partial charge in [-0.2, -0.15) is 0 Å². The maximum absolute atomic E-state index is 12.7. The van der Waals surface area contributed by atoms with Crippen molar-refractivity contribution in [3.8, 4) is 0 Å². The highest BCUT2D eigenvalue weighted by atomic mass is 32.2. The van der Waals surface area contributed by atoms with E-state index in [1.807, 2.05) is 30.3 Å². The average Bonchev–Trinajstić information content (AvgIpc) is 2.83. The van der Waals surface area contributed by atoms with Crippen molar-refractivity contribution in [3.05, 3.63) is 108 Å². The smallest absolute Gasteiger partial charge is 0.255 e. The molecule has 0 aromatic heterocycles. The third-order valence-corrected chi connectivity index (χ3v) is 7.45. The third-order valence-electron chi connectivity index (χ3n) is 4.73. The normalized spacial score (nSPS) is 11.6. The standard InChI is InChI=1S/C24H25N3O5S2/c1-2-15-25-33(29,30)18-20-11-13-22(14-12-20)27-24(28)21-9-6-10-23(16-21)34(31,32)26-17-19-7-4-3-5-8-19/h2-14,16,25-26H,1,15,17-18H2,(H,27,28). The predicted molar refractivity (Wildman–Crippen MR) is 132 cm³/mol. The molecule has 0 atom stereocenters. The number of hydrogen-bond donors (Lipinski definition) is 3. The molecule has 3 N–H and O–H groups in total. The first-order valence-corrected chi connectivity index (χ1v) is 13.4. The van der Waals surface area contributed by atoms with Crippen LogP contribution in [0.1, 0.15) is 21.5 Å². The van der Waals surface area contributed by atoms with Crippen molar-refractivity contribution in [1.82, 2.24) is 9.44 Å². The topological polar surface area (TPSA) is 121 Å². The SMILES string of the molecule is C=CCNS(=O)(=O)Cc1ccc(NC(=O)c2cccc(S(=O)(=O)NCc3ccccc3)c2)cc1. The lowest BCUT2D eigenvalue weighted by Crippen LogP contribution is -2.25. The second-order valence-electron chi connectivity index (χ2n) is 7.39. The predicted octanol–water partition coefficient (Wildman–Crippen LogP) is 3.02. The Morgan fingerprint density at radius 3 is 2.21 bits per heavy atom. The van der Waals surface area contributed by atoms with E-state index in [1.54, 1.807) is 24.3 Å². The van der Waals surface area contributed by atoms with Crippen molar-refractivity contribution in [2.45, 2.75) is 17.2 Å². The number of anilines is 1. The van der Waals surface area contributed by atoms with Gasteiger partial charge in [-0.1, -0.05) is 54.6 Å². The van der Waals surface area contributed by atoms with Gasteiger partial charge >= 0.3 is 0 Å². The van der Waals surface area contributed by atoms with Crippen molar-refractivity contribution in [3.63, 3.8) is 0 Å². The molecule has 1 amide bonds. The summed E-state index contributed by atoms with van der Waals surface area (Å²) in [7, 11) is -7.30. The summed E-state index contributed by atoms with van der Waals surface area (Å²) in [5, 5.41) is 2.69. The van der Waals surface area contributed by atoms with Crippen LogP contribution >= 0.6 is 0 Å². The number of amides is 1. The summed E-state index contributed by atoms with van der Waals surface area (Å²) in [6.45, 7) is 3.75. The lowest BCUT2D eigenvalue weighted by atomic mass is 10.2. The summed E-state index contributed by atoms with van der Waals surface area (Å²) in [4.78, 5) is 12.6. The van der Waals surface area contributed by atoms with E-state index in [-0.39, 0.29) is 29.3 Å². The molecule has 3 rings (SSSR count). The van der Waals surface area contributed by atoms with Crippen LogP contribution in [0, 0.1) is 0 Å². The third kappa shape index (κ3) is 7.35. The molecule has 0 heterocycles. The Kier molecular flexibility index (Phi) is 8.35. The number of hydrogen-bond acceptors (Lipinski definition) is 5. The van der Waals surface area contributed by atoms with Crippen molar-refractivity contribution >= 4 is 31.6 Å². The fourth-order valence-corrected chi connectivity index (χ4v) is 5.17. The van der Waals surface area contributed by atoms with Crippen LogP contribution < -0.4 is 14.8 Å². The highest BCUT2D eigenvalue weighted by Crippen LogP contribution is 2.16. The molecule has 3 aromatic carbocycles. The Morgan fingerprint density at radius 1 is 0.824 bits per heavy atom. The van der Waals surface area contributed by atoms with Gasteiger partial charge in [0.2, 0.25) is 20.0 Å². The van der Waals surface area contributed by atoms with Gasteiger partial charge in [-0.15, -0.1) is 6.58 Å². The van der Waals surface area contributed by atoms with Gasteiger partial charge in [0.15, 0.2) is 0 Å². The first-order valence-electron chi connectivity index (χ1n) is 10.3. The zero-order chi connectivity index (χ0) is 24.6. The van der Waals surface area contributed by atoms with Gasteiger partial charge in [-0.3, -0.25) is 4.79 Å². The molecule has 178 valence electrons. The van der Waals surface area contributed by atoms with Crippen LogP contribution in [0.3, 0.4) is 0 Å². The van der Waals surface area contributed by atoms with Gasteiger partial charge in [0.25, 0.3) is 5.91 Å². The van der Waals surface area contributed by atoms with E-state index in [2.05, 4.69) is 21.3 Å². The summed E-state index contributed by atoms with van der Waals surface area (Å²) >= 11 is 0. The molecular formula is C24H25N3O5S2. The monoisotopic (exact) mass is 499 g/mol. The second kappa shape index (κ2) is 11.2. The molecule has 34 heavy (non-hydrogen) atoms. The van der Waals surface area contributed by atoms with Crippen molar-refractivity contribution in [2.75, 3.05) is 11.9 Å². The minimum atomic E-state index is -3.82. The number of benzene rings is 3. The van der Waals surface area contributed by atoms with E-state index in [9.17, 15) is 21.6 Å². The number of rotatable bonds is 11. The quantitative estimate of drug-likeness (QED) is 0.350. The summed E-state index contributed by atoms with van der Waals surface area (Å²) in [5.41, 5.74) is 1.98. The Labute approximate surface area is 199 Å². The molecule has 0 unspecified atom stereocenters. The lowest BCUT2D eigenvalue weighted by molar-refractivity contribution is 0.102. The van der Waals surface area contributed by atoms with Crippen LogP contribution in [0.5, 0.6) is 0 Å². The van der Waals surface area contributed by atoms with E-state index in [0.717, 1.165) is 5.56 Å². The van der Waals surface area contributed by atoms with Crippen LogP contribution in [-0.4, -0.2) is 29.3 Å². The van der Waals surface area contributed by atoms with E-state index < -0.39 is 26.0 Å². The van der Waals surface area contributed by atoms with Crippen molar-refractivity contribution in [2.24, 2.45) is 0 Å². The minimum Gasteiger partial charge on any atom is -0.322 e. The zero-order valence-electron chi connectivity index (χ0n) is 18.3. The summed E-state index contributed by atoms with van der Waals surface area (Å²) < 4.78 is 54.2. The van der Waals surface area contributed by atoms with Gasteiger partial charge in [0, 0.05) is 24.3 Å². The van der Waals surface area contributed by atoms with Crippen molar-refractivity contribution < 1.29 is 21.6 Å². The van der Waals surface area contributed by atoms with E-state index in [1.165, 1.54) is 30.3 Å². The van der Waals surface area contributed by atoms with E-state index in [4.69, 9.17) is 0 Å². The van der Waals surface area contributed by atoms with Gasteiger partial charge in [0.05, 0.1) is 10.6 Å². The van der Waals surface area contributed by atoms with Gasteiger partial charge in [-0.05, 0) is 41.5 Å². The molecular weight excluding hydrogens is 474 g/mol. The summed E-state index contributed by atoms with van der Waals surface area (Å²) in [6.07, 6.45) is 1.45. The average molecular weight is 500 g/mol. The van der Waals surface area contributed by atoms with Crippen LogP contribution in [-0.2, 0) is 32.3 Å². The van der Waals surface area contributed by atoms with Crippen LogP contribution in [0.15, 0.2) is 96.4 Å². The minimum absolute atomic E-state index is 0.0244. The number of carbonyl (C=O) groups is 1. The molecule has 0 aliphatic heterocycles. The van der Waals surface area contributed by atoms with Gasteiger partial charge in [-0.25, -0.2) is 26.3 Å². The fourth-order valence-electron chi connectivity index (χ4n) is 3.01. The molecule has 10 heteroatoms. The van der Waals surface area contributed by atoms with E-state index in [0.29, 0.717) is 11.3 Å². The zero-order valence-corrected chi connectivity index (χ0v) is 19.9. The number of sulfonamides is 2. The summed E-state index contributed by atoms with van der Waals surface area (Å²) in [5.74, 6) is -0.696. The number of nitrogens with one attached hydrogen (secondary N) is 3. The first-order chi connectivity index (χ1) is 16.2. The molecule has 0 aliphatic rings. The fraction of sp³-hybridized carbons (Fsp3) is 0.125. The Hall–Kier alpha value is -3.31. The Balaban J connectivity index is 1.65. The summed E-state index contributed by atoms with van der Waals surface area (Å²) in [6, 6.07) is 21.2. The first kappa shape index (κ1) is 25.3. The highest BCUT2D eigenvalue weighted by Gasteiger charge is 2.16. The maximum atomic E-state index is 12.7. The lowest BCUT2D eigenvalue weighted by Gasteiger charge is -2.10. The highest BCUT2D eigenvalue weighted by molar-refractivity contribution is 7.89. The Morgan fingerprint density at radius 2 is 1.53 bits per heavy atom. The van der Waals surface area contributed by atoms with Crippen LogP contribution in [0.2, 0.25) is 0 Å². The van der Waals surface area contributed by atoms with Crippen LogP contribution in [0.25, 0.3) is 0 Å². The molecule has 8 nitrogen and oxygen atoms in total. The van der Waals surface area contributed by atoms with E-state index >= 15 is 0 Å². The molecule has 0 bridgehead atoms. The molecule has 0 radical (unpaired) electrons. The van der Waals surface area contributed by atoms with Gasteiger partial charge < -0.3 is 5.32 Å². The molecule has 3 aromatic rings. The molecule has 0 fully saturated rings. The van der Waals surface area contributed by atoms with Crippen LogP contribution in [0.4, 0.5) is 5.69 Å². The molecule has 0 aliphatic carbocycles. The molecule has 0 saturated heterocycles. The number of carbonyl (C=O) groups excluding carboxylic acids is 1. The maximum Gasteiger partial charge on any atom is 0.255 e. The largest absolute Gasteiger partial charge is 0.322 e. The molecule has 0 saturated carbocycles. The molecule has 0 spiro atoms.